The topological polar surface area (TPSA) is 63.6 Å². The highest BCUT2D eigenvalue weighted by Crippen LogP contribution is 2.07. The molecule has 21 heavy (non-hydrogen) atoms. The maximum absolute atomic E-state index is 10.5. The number of ether oxygens (including phenoxy) is 1. The van der Waals surface area contributed by atoms with Crippen molar-refractivity contribution in [1.29, 1.82) is 0 Å². The van der Waals surface area contributed by atoms with E-state index in [0.29, 0.717) is 12.2 Å². The number of carboxylic acids is 1. The highest BCUT2D eigenvalue weighted by molar-refractivity contribution is 7.96. The maximum Gasteiger partial charge on any atom is 0.341 e. The van der Waals surface area contributed by atoms with Crippen LogP contribution in [0.15, 0.2) is 60.7 Å². The summed E-state index contributed by atoms with van der Waals surface area (Å²) in [4.78, 5) is 20.5. The Kier molecular flexibility index (Phi) is 7.68. The number of carboxylic acid groups (broad SMARTS) is 1. The Morgan fingerprint density at radius 1 is 0.952 bits per heavy atom. The van der Waals surface area contributed by atoms with Gasteiger partial charge in [0, 0.05) is 6.42 Å². The second kappa shape index (κ2) is 9.61. The summed E-state index contributed by atoms with van der Waals surface area (Å²) in [5.74, 6) is -0.385. The van der Waals surface area contributed by atoms with E-state index in [0.717, 1.165) is 5.56 Å². The first-order valence-corrected chi connectivity index (χ1v) is 6.68. The van der Waals surface area contributed by atoms with E-state index in [2.05, 4.69) is 12.6 Å². The molecule has 0 aliphatic carbocycles. The molecule has 2 rings (SSSR count). The van der Waals surface area contributed by atoms with Gasteiger partial charge in [0.05, 0.1) is 0 Å². The summed E-state index contributed by atoms with van der Waals surface area (Å²) < 4.78 is 4.87. The molecule has 0 atom stereocenters. The third-order valence-corrected chi connectivity index (χ3v) is 2.46. The van der Waals surface area contributed by atoms with E-state index >= 15 is 0 Å². The summed E-state index contributed by atoms with van der Waals surface area (Å²) in [6.07, 6.45) is 0.421. The maximum atomic E-state index is 10.5. The molecule has 0 aliphatic heterocycles. The number of carbonyl (C=O) groups is 2. The number of benzene rings is 2. The average molecular weight is 304 g/mol. The number of aliphatic carboxylic acids is 1. The molecule has 0 unspecified atom stereocenters. The quantitative estimate of drug-likeness (QED) is 0.834. The van der Waals surface area contributed by atoms with E-state index in [-0.39, 0.29) is 11.7 Å². The SMILES string of the molecule is O=C(O)COc1ccccc1.O=C(S)Cc1ccccc1. The Hall–Kier alpha value is -2.27. The molecule has 0 saturated heterocycles. The molecular formula is C16H16O4S. The minimum atomic E-state index is -0.964. The number of carbonyl (C=O) groups excluding carboxylic acids is 1. The molecular weight excluding hydrogens is 288 g/mol. The fourth-order valence-corrected chi connectivity index (χ4v) is 1.61. The molecule has 2 aromatic rings. The van der Waals surface area contributed by atoms with Crippen molar-refractivity contribution >= 4 is 23.7 Å². The van der Waals surface area contributed by atoms with Gasteiger partial charge in [-0.25, -0.2) is 4.79 Å². The standard InChI is InChI=1S/C8H8O3.C8H8OS/c9-8(10)6-11-7-4-2-1-3-5-7;9-8(10)6-7-4-2-1-3-5-7/h1-5H,6H2,(H,9,10);1-5H,6H2,(H,9,10). The molecule has 0 aromatic heterocycles. The minimum absolute atomic E-state index is 0.0915. The van der Waals surface area contributed by atoms with Gasteiger partial charge in [-0.2, -0.15) is 0 Å². The third kappa shape index (κ3) is 8.49. The summed E-state index contributed by atoms with van der Waals surface area (Å²) >= 11 is 3.67. The normalized spacial score (nSPS) is 9.19. The first kappa shape index (κ1) is 16.8. The highest BCUT2D eigenvalue weighted by atomic mass is 32.1. The lowest BCUT2D eigenvalue weighted by atomic mass is 10.2. The zero-order chi connectivity index (χ0) is 15.5. The van der Waals surface area contributed by atoms with Gasteiger partial charge in [0.25, 0.3) is 0 Å². The monoisotopic (exact) mass is 304 g/mol. The Balaban J connectivity index is 0.000000211. The average Bonchev–Trinajstić information content (AvgIpc) is 2.47. The smallest absolute Gasteiger partial charge is 0.341 e. The zero-order valence-corrected chi connectivity index (χ0v) is 12.2. The van der Waals surface area contributed by atoms with Crippen molar-refractivity contribution in [3.63, 3.8) is 0 Å². The van der Waals surface area contributed by atoms with Gasteiger partial charge in [-0.3, -0.25) is 4.79 Å². The van der Waals surface area contributed by atoms with Crippen LogP contribution >= 0.6 is 12.6 Å². The van der Waals surface area contributed by atoms with E-state index in [9.17, 15) is 9.59 Å². The van der Waals surface area contributed by atoms with Crippen LogP contribution < -0.4 is 4.74 Å². The molecule has 0 radical (unpaired) electrons. The van der Waals surface area contributed by atoms with Crippen molar-refractivity contribution in [1.82, 2.24) is 0 Å². The number of hydrogen-bond donors (Lipinski definition) is 2. The van der Waals surface area contributed by atoms with Crippen molar-refractivity contribution in [2.45, 2.75) is 6.42 Å². The predicted octanol–water partition coefficient (Wildman–Crippen LogP) is 2.84. The van der Waals surface area contributed by atoms with Crippen LogP contribution in [0.1, 0.15) is 5.56 Å². The Morgan fingerprint density at radius 2 is 1.48 bits per heavy atom. The van der Waals surface area contributed by atoms with Crippen molar-refractivity contribution in [2.75, 3.05) is 6.61 Å². The molecule has 5 heteroatoms. The van der Waals surface area contributed by atoms with Crippen LogP contribution in [-0.2, 0) is 16.0 Å². The van der Waals surface area contributed by atoms with Crippen LogP contribution in [0.5, 0.6) is 5.75 Å². The fraction of sp³-hybridized carbons (Fsp3) is 0.125. The number of hydrogen-bond acceptors (Lipinski definition) is 3. The summed E-state index contributed by atoms with van der Waals surface area (Å²) in [6, 6.07) is 18.4. The van der Waals surface area contributed by atoms with E-state index in [4.69, 9.17) is 9.84 Å². The molecule has 0 fully saturated rings. The molecule has 0 heterocycles. The van der Waals surface area contributed by atoms with Gasteiger partial charge in [-0.05, 0) is 17.7 Å². The van der Waals surface area contributed by atoms with Gasteiger partial charge in [0.1, 0.15) is 5.75 Å². The van der Waals surface area contributed by atoms with Crippen molar-refractivity contribution in [2.24, 2.45) is 0 Å². The van der Waals surface area contributed by atoms with Crippen molar-refractivity contribution < 1.29 is 19.4 Å². The minimum Gasteiger partial charge on any atom is -0.482 e. The van der Waals surface area contributed by atoms with Gasteiger partial charge >= 0.3 is 5.97 Å². The number of rotatable bonds is 5. The lowest BCUT2D eigenvalue weighted by Crippen LogP contribution is -2.09. The Labute approximate surface area is 128 Å². The van der Waals surface area contributed by atoms with Crippen molar-refractivity contribution in [3.05, 3.63) is 66.2 Å². The Morgan fingerprint density at radius 3 is 1.95 bits per heavy atom. The van der Waals surface area contributed by atoms with Gasteiger partial charge in [-0.15, -0.1) is 12.6 Å². The van der Waals surface area contributed by atoms with E-state index in [1.165, 1.54) is 0 Å². The second-order valence-electron chi connectivity index (χ2n) is 4.05. The van der Waals surface area contributed by atoms with Crippen LogP contribution in [-0.4, -0.2) is 22.8 Å². The summed E-state index contributed by atoms with van der Waals surface area (Å²) in [6.45, 7) is -0.288. The van der Waals surface area contributed by atoms with E-state index in [1.54, 1.807) is 24.3 Å². The number of thiol groups is 1. The molecule has 110 valence electrons. The van der Waals surface area contributed by atoms with Crippen LogP contribution in [0.25, 0.3) is 0 Å². The van der Waals surface area contributed by atoms with Gasteiger partial charge < -0.3 is 9.84 Å². The van der Waals surface area contributed by atoms with E-state index in [1.807, 2.05) is 36.4 Å². The molecule has 0 spiro atoms. The molecule has 1 N–H and O–H groups in total. The molecule has 0 bridgehead atoms. The summed E-state index contributed by atoms with van der Waals surface area (Å²) in [5.41, 5.74) is 1.02. The second-order valence-corrected chi connectivity index (χ2v) is 4.55. The first-order chi connectivity index (χ1) is 10.1. The summed E-state index contributed by atoms with van der Waals surface area (Å²) in [5, 5.41) is 8.16. The molecule has 2 aromatic carbocycles. The number of para-hydroxylation sites is 1. The molecule has 0 amide bonds. The Bertz CT molecular complexity index is 555. The molecule has 0 saturated carbocycles. The van der Waals surface area contributed by atoms with Crippen LogP contribution in [0.3, 0.4) is 0 Å². The summed E-state index contributed by atoms with van der Waals surface area (Å²) in [7, 11) is 0. The third-order valence-electron chi connectivity index (χ3n) is 2.30. The van der Waals surface area contributed by atoms with Gasteiger partial charge in [0.15, 0.2) is 11.7 Å². The van der Waals surface area contributed by atoms with Crippen molar-refractivity contribution in [3.8, 4) is 5.75 Å². The zero-order valence-electron chi connectivity index (χ0n) is 11.3. The largest absolute Gasteiger partial charge is 0.482 e. The van der Waals surface area contributed by atoms with Crippen LogP contribution in [0.4, 0.5) is 0 Å². The molecule has 0 aliphatic rings. The van der Waals surface area contributed by atoms with Crippen LogP contribution in [0.2, 0.25) is 0 Å². The molecule has 4 nitrogen and oxygen atoms in total. The van der Waals surface area contributed by atoms with Gasteiger partial charge in [0.2, 0.25) is 0 Å². The lowest BCUT2D eigenvalue weighted by Gasteiger charge is -2.00. The van der Waals surface area contributed by atoms with Gasteiger partial charge in [-0.1, -0.05) is 48.5 Å². The lowest BCUT2D eigenvalue weighted by molar-refractivity contribution is -0.139. The predicted molar refractivity (Wildman–Crippen MR) is 83.7 cm³/mol. The van der Waals surface area contributed by atoms with Crippen LogP contribution in [0, 0.1) is 0 Å². The first-order valence-electron chi connectivity index (χ1n) is 6.23. The fourth-order valence-electron chi connectivity index (χ4n) is 1.43. The highest BCUT2D eigenvalue weighted by Gasteiger charge is 1.96. The van der Waals surface area contributed by atoms with E-state index < -0.39 is 5.97 Å².